The van der Waals surface area contributed by atoms with Crippen LogP contribution in [0.4, 0.5) is 5.69 Å². The number of carbonyl (C=O) groups is 2. The van der Waals surface area contributed by atoms with Crippen molar-refractivity contribution in [3.63, 3.8) is 0 Å². The molecule has 9 nitrogen and oxygen atoms in total. The minimum Gasteiger partial charge on any atom is -0.478 e. The molecule has 1 atom stereocenters. The van der Waals surface area contributed by atoms with Crippen molar-refractivity contribution < 1.29 is 27.9 Å². The van der Waals surface area contributed by atoms with Crippen molar-refractivity contribution in [2.75, 3.05) is 24.1 Å². The first-order chi connectivity index (χ1) is 23.0. The lowest BCUT2D eigenvalue weighted by Crippen LogP contribution is -2.21. The third-order valence-corrected chi connectivity index (χ3v) is 8.79. The van der Waals surface area contributed by atoms with Crippen LogP contribution in [-0.2, 0) is 32.6 Å². The molecule has 0 aliphatic heterocycles. The van der Waals surface area contributed by atoms with E-state index in [-0.39, 0.29) is 18.1 Å². The van der Waals surface area contributed by atoms with E-state index in [1.807, 2.05) is 36.4 Å². The number of aromatic carboxylic acids is 1. The van der Waals surface area contributed by atoms with E-state index in [1.54, 1.807) is 36.4 Å². The highest BCUT2D eigenvalue weighted by Gasteiger charge is 2.23. The number of ether oxygens (including phenoxy) is 1. The highest BCUT2D eigenvalue weighted by atomic mass is 32.2. The monoisotopic (exact) mass is 667 g/mol. The van der Waals surface area contributed by atoms with Gasteiger partial charge in [-0.15, -0.1) is 0 Å². The molecule has 0 aliphatic carbocycles. The number of sulfonamides is 1. The first-order valence-electron chi connectivity index (χ1n) is 15.9. The predicted molar refractivity (Wildman–Crippen MR) is 190 cm³/mol. The number of nitrogens with one attached hydrogen (secondary N) is 3. The van der Waals surface area contributed by atoms with Gasteiger partial charge in [-0.25, -0.2) is 13.2 Å². The molecule has 4 N–H and O–H groups in total. The van der Waals surface area contributed by atoms with Crippen LogP contribution in [0.15, 0.2) is 91.0 Å². The van der Waals surface area contributed by atoms with Gasteiger partial charge in [0.2, 0.25) is 10.0 Å². The van der Waals surface area contributed by atoms with Crippen molar-refractivity contribution in [2.24, 2.45) is 0 Å². The molecular formula is C38H41N3O6S. The molecule has 0 radical (unpaired) electrons. The van der Waals surface area contributed by atoms with E-state index in [1.165, 1.54) is 0 Å². The number of H-pyrrole nitrogens is 1. The molecule has 5 aromatic rings. The number of fused-ring (bicyclic) bond motifs is 1. The molecule has 0 amide bonds. The Bertz CT molecular complexity index is 1980. The van der Waals surface area contributed by atoms with Gasteiger partial charge in [0, 0.05) is 22.3 Å². The Morgan fingerprint density at radius 1 is 0.896 bits per heavy atom. The lowest BCUT2D eigenvalue weighted by Gasteiger charge is -2.17. The van der Waals surface area contributed by atoms with Crippen LogP contribution < -0.4 is 10.0 Å². The van der Waals surface area contributed by atoms with Gasteiger partial charge in [0.15, 0.2) is 0 Å². The zero-order valence-electron chi connectivity index (χ0n) is 27.4. The summed E-state index contributed by atoms with van der Waals surface area (Å²) in [5.41, 5.74) is 8.59. The summed E-state index contributed by atoms with van der Waals surface area (Å²) in [4.78, 5) is 28.6. The summed E-state index contributed by atoms with van der Waals surface area (Å²) >= 11 is 0. The molecule has 4 aromatic carbocycles. The summed E-state index contributed by atoms with van der Waals surface area (Å²) < 4.78 is 31.5. The van der Waals surface area contributed by atoms with Gasteiger partial charge in [-0.05, 0) is 111 Å². The lowest BCUT2D eigenvalue weighted by atomic mass is 9.94. The number of hydrogen-bond donors (Lipinski definition) is 4. The van der Waals surface area contributed by atoms with E-state index in [2.05, 4.69) is 47.1 Å². The maximum absolute atomic E-state index is 13.3. The Balaban J connectivity index is 1.26. The molecule has 1 heterocycles. The van der Waals surface area contributed by atoms with E-state index < -0.39 is 21.9 Å². The number of anilines is 1. The first kappa shape index (κ1) is 34.4. The summed E-state index contributed by atoms with van der Waals surface area (Å²) in [5, 5.41) is 14.0. The number of benzene rings is 4. The SMILES string of the molecule is Cc1cc(C)cc(-c2[nH]c3ccc(C(=O)O)cc3c2CCNCCCC(C(=O)OCc2ccccc2)c2ccc(NS(C)(=O)=O)cc2)c1. The van der Waals surface area contributed by atoms with Gasteiger partial charge in [-0.1, -0.05) is 59.7 Å². The van der Waals surface area contributed by atoms with Crippen LogP contribution >= 0.6 is 0 Å². The van der Waals surface area contributed by atoms with Gasteiger partial charge >= 0.3 is 11.9 Å². The number of carboxylic acid groups (broad SMARTS) is 1. The number of esters is 1. The van der Waals surface area contributed by atoms with Gasteiger partial charge in [0.1, 0.15) is 6.61 Å². The van der Waals surface area contributed by atoms with Crippen molar-refractivity contribution >= 4 is 38.6 Å². The minimum absolute atomic E-state index is 0.166. The number of aromatic amines is 1. The fourth-order valence-electron chi connectivity index (χ4n) is 6.02. The number of aromatic nitrogens is 1. The third-order valence-electron chi connectivity index (χ3n) is 8.19. The quantitative estimate of drug-likeness (QED) is 0.0700. The largest absolute Gasteiger partial charge is 0.478 e. The van der Waals surface area contributed by atoms with Crippen LogP contribution in [0.3, 0.4) is 0 Å². The summed E-state index contributed by atoms with van der Waals surface area (Å²) in [6.07, 6.45) is 2.98. The topological polar surface area (TPSA) is 138 Å². The lowest BCUT2D eigenvalue weighted by molar-refractivity contribution is -0.147. The number of carboxylic acids is 1. The zero-order valence-corrected chi connectivity index (χ0v) is 28.2. The van der Waals surface area contributed by atoms with E-state index in [0.717, 1.165) is 56.2 Å². The molecule has 250 valence electrons. The second kappa shape index (κ2) is 15.3. The van der Waals surface area contributed by atoms with E-state index in [9.17, 15) is 23.1 Å². The summed E-state index contributed by atoms with van der Waals surface area (Å²) in [6, 6.07) is 27.9. The van der Waals surface area contributed by atoms with Gasteiger partial charge in [-0.3, -0.25) is 9.52 Å². The maximum Gasteiger partial charge on any atom is 0.335 e. The van der Waals surface area contributed by atoms with Crippen LogP contribution in [0.5, 0.6) is 0 Å². The molecule has 1 aromatic heterocycles. The Morgan fingerprint density at radius 3 is 2.27 bits per heavy atom. The molecule has 0 fully saturated rings. The van der Waals surface area contributed by atoms with Crippen molar-refractivity contribution in [3.05, 3.63) is 124 Å². The van der Waals surface area contributed by atoms with Gasteiger partial charge < -0.3 is 20.1 Å². The third kappa shape index (κ3) is 9.11. The molecule has 0 saturated heterocycles. The number of carbonyl (C=O) groups excluding carboxylic acids is 1. The summed E-state index contributed by atoms with van der Waals surface area (Å²) in [6.45, 7) is 5.59. The molecule has 48 heavy (non-hydrogen) atoms. The van der Waals surface area contributed by atoms with E-state index >= 15 is 0 Å². The Labute approximate surface area is 281 Å². The first-order valence-corrected chi connectivity index (χ1v) is 17.8. The second-order valence-electron chi connectivity index (χ2n) is 12.2. The second-order valence-corrected chi connectivity index (χ2v) is 14.0. The molecule has 0 spiro atoms. The smallest absolute Gasteiger partial charge is 0.335 e. The number of hydrogen-bond acceptors (Lipinski definition) is 6. The highest BCUT2D eigenvalue weighted by molar-refractivity contribution is 7.92. The average Bonchev–Trinajstić information content (AvgIpc) is 3.41. The van der Waals surface area contributed by atoms with Crippen molar-refractivity contribution in [3.8, 4) is 11.3 Å². The molecular weight excluding hydrogens is 627 g/mol. The van der Waals surface area contributed by atoms with E-state index in [4.69, 9.17) is 4.74 Å². The Hall–Kier alpha value is -4.93. The van der Waals surface area contributed by atoms with Crippen LogP contribution in [0, 0.1) is 13.8 Å². The van der Waals surface area contributed by atoms with Gasteiger partial charge in [0.25, 0.3) is 0 Å². The van der Waals surface area contributed by atoms with Crippen LogP contribution in [0.1, 0.15) is 56.9 Å². The predicted octanol–water partition coefficient (Wildman–Crippen LogP) is 6.96. The zero-order chi connectivity index (χ0) is 34.3. The number of aryl methyl sites for hydroxylation is 2. The van der Waals surface area contributed by atoms with Gasteiger partial charge in [-0.2, -0.15) is 0 Å². The summed E-state index contributed by atoms with van der Waals surface area (Å²) in [7, 11) is -3.42. The Morgan fingerprint density at radius 2 is 1.60 bits per heavy atom. The fourth-order valence-corrected chi connectivity index (χ4v) is 6.59. The van der Waals surface area contributed by atoms with Crippen LogP contribution in [0.25, 0.3) is 22.2 Å². The minimum atomic E-state index is -3.42. The van der Waals surface area contributed by atoms with Crippen LogP contribution in [-0.4, -0.2) is 49.8 Å². The molecule has 10 heteroatoms. The van der Waals surface area contributed by atoms with E-state index in [0.29, 0.717) is 38.0 Å². The standard InChI is InChI=1S/C38H41N3O6S/c1-25-20-26(2)22-30(21-25)36-33(34-23-29(37(42)43)13-16-35(34)40-36)17-19-39-18-7-10-32(38(44)47-24-27-8-5-4-6-9-27)28-11-14-31(15-12-28)41-48(3,45)46/h4-6,8-9,11-16,20-23,32,39-41H,7,10,17-19,24H2,1-3H3,(H,42,43). The molecule has 0 bridgehead atoms. The van der Waals surface area contributed by atoms with Crippen molar-refractivity contribution in [1.82, 2.24) is 10.3 Å². The molecule has 0 aliphatic rings. The van der Waals surface area contributed by atoms with Crippen molar-refractivity contribution in [2.45, 2.75) is 45.6 Å². The molecule has 0 saturated carbocycles. The molecule has 1 unspecified atom stereocenters. The number of rotatable bonds is 15. The van der Waals surface area contributed by atoms with Gasteiger partial charge in [0.05, 0.1) is 17.7 Å². The Kier molecular flexibility index (Phi) is 11.0. The normalized spacial score (nSPS) is 12.1. The fraction of sp³-hybridized carbons (Fsp3) is 0.263. The average molecular weight is 668 g/mol. The van der Waals surface area contributed by atoms with Crippen molar-refractivity contribution in [1.29, 1.82) is 0 Å². The highest BCUT2D eigenvalue weighted by Crippen LogP contribution is 2.33. The van der Waals surface area contributed by atoms with Crippen LogP contribution in [0.2, 0.25) is 0 Å². The molecule has 5 rings (SSSR count). The summed E-state index contributed by atoms with van der Waals surface area (Å²) in [5.74, 6) is -1.83. The maximum atomic E-state index is 13.3.